The maximum absolute atomic E-state index is 12.0. The van der Waals surface area contributed by atoms with E-state index in [1.165, 1.54) is 0 Å². The summed E-state index contributed by atoms with van der Waals surface area (Å²) in [6.07, 6.45) is -1.67. The van der Waals surface area contributed by atoms with E-state index in [-0.39, 0.29) is 18.9 Å². The van der Waals surface area contributed by atoms with Crippen LogP contribution in [0.5, 0.6) is 0 Å². The van der Waals surface area contributed by atoms with Crippen LogP contribution >= 0.6 is 0 Å². The molecule has 0 saturated heterocycles. The van der Waals surface area contributed by atoms with Crippen LogP contribution in [-0.4, -0.2) is 22.7 Å². The van der Waals surface area contributed by atoms with Gasteiger partial charge >= 0.3 is 0 Å². The summed E-state index contributed by atoms with van der Waals surface area (Å²) in [5.41, 5.74) is 1.45. The summed E-state index contributed by atoms with van der Waals surface area (Å²) in [7, 11) is 0. The topological polar surface area (TPSA) is 69.6 Å². The lowest BCUT2D eigenvalue weighted by molar-refractivity contribution is -0.123. The number of hydrogen-bond acceptors (Lipinski definition) is 3. The predicted octanol–water partition coefficient (Wildman–Crippen LogP) is 3.11. The molecule has 25 heavy (non-hydrogen) atoms. The molecule has 0 aliphatic heterocycles. The number of fused-ring (bicyclic) bond motifs is 1. The van der Waals surface area contributed by atoms with E-state index in [2.05, 4.69) is 5.32 Å². The molecule has 1 amide bonds. The van der Waals surface area contributed by atoms with Crippen molar-refractivity contribution in [3.8, 4) is 0 Å². The minimum absolute atomic E-state index is 0.0333. The number of aliphatic hydroxyl groups is 2. The third-order valence-electron chi connectivity index (χ3n) is 4.21. The first-order chi connectivity index (χ1) is 12.1. The summed E-state index contributed by atoms with van der Waals surface area (Å²) >= 11 is 0. The average molecular weight is 335 g/mol. The van der Waals surface area contributed by atoms with E-state index in [0.29, 0.717) is 5.56 Å². The highest BCUT2D eigenvalue weighted by atomic mass is 16.3. The van der Waals surface area contributed by atoms with Gasteiger partial charge in [-0.05, 0) is 28.0 Å². The van der Waals surface area contributed by atoms with Gasteiger partial charge in [0.05, 0.1) is 18.6 Å². The van der Waals surface area contributed by atoms with Gasteiger partial charge in [-0.1, -0.05) is 66.7 Å². The van der Waals surface area contributed by atoms with Gasteiger partial charge in [0.25, 0.3) is 0 Å². The Kier molecular flexibility index (Phi) is 5.43. The summed E-state index contributed by atoms with van der Waals surface area (Å²) in [4.78, 5) is 12.0. The molecule has 0 saturated carbocycles. The van der Waals surface area contributed by atoms with Crippen molar-refractivity contribution >= 4 is 16.7 Å². The number of benzene rings is 3. The number of hydrogen-bond donors (Lipinski definition) is 3. The molecule has 3 aromatic carbocycles. The van der Waals surface area contributed by atoms with Crippen molar-refractivity contribution in [2.24, 2.45) is 0 Å². The number of nitrogens with one attached hydrogen (secondary N) is 1. The molecule has 128 valence electrons. The summed E-state index contributed by atoms with van der Waals surface area (Å²) in [5.74, 6) is -0.295. The Morgan fingerprint density at radius 1 is 0.800 bits per heavy atom. The van der Waals surface area contributed by atoms with E-state index in [0.717, 1.165) is 16.3 Å². The molecule has 0 heterocycles. The van der Waals surface area contributed by atoms with Gasteiger partial charge in [0, 0.05) is 6.54 Å². The fourth-order valence-electron chi connectivity index (χ4n) is 2.78. The number of amides is 1. The van der Waals surface area contributed by atoms with Crippen LogP contribution in [0.25, 0.3) is 10.8 Å². The van der Waals surface area contributed by atoms with E-state index in [9.17, 15) is 15.0 Å². The molecular formula is C21H21NO3. The number of rotatable bonds is 6. The quantitative estimate of drug-likeness (QED) is 0.648. The predicted molar refractivity (Wildman–Crippen MR) is 97.9 cm³/mol. The summed E-state index contributed by atoms with van der Waals surface area (Å²) in [6, 6.07) is 22.7. The lowest BCUT2D eigenvalue weighted by Crippen LogP contribution is -2.29. The molecule has 0 fully saturated rings. The van der Waals surface area contributed by atoms with Gasteiger partial charge in [-0.2, -0.15) is 0 Å². The van der Waals surface area contributed by atoms with Crippen LogP contribution in [0, 0.1) is 0 Å². The second-order valence-corrected chi connectivity index (χ2v) is 6.06. The molecule has 0 aliphatic rings. The fourth-order valence-corrected chi connectivity index (χ4v) is 2.78. The molecule has 0 bridgehead atoms. The van der Waals surface area contributed by atoms with Crippen molar-refractivity contribution in [3.63, 3.8) is 0 Å². The Morgan fingerprint density at radius 2 is 1.48 bits per heavy atom. The van der Waals surface area contributed by atoms with Gasteiger partial charge < -0.3 is 15.5 Å². The van der Waals surface area contributed by atoms with Crippen LogP contribution in [0.3, 0.4) is 0 Å². The molecule has 0 spiro atoms. The Bertz CT molecular complexity index is 848. The van der Waals surface area contributed by atoms with Crippen LogP contribution in [-0.2, 0) is 4.79 Å². The molecule has 0 aromatic heterocycles. The molecule has 2 atom stereocenters. The van der Waals surface area contributed by atoms with Crippen LogP contribution in [0.15, 0.2) is 72.8 Å². The second-order valence-electron chi connectivity index (χ2n) is 6.06. The summed E-state index contributed by atoms with van der Waals surface area (Å²) in [6.45, 7) is 0.110. The van der Waals surface area contributed by atoms with Crippen LogP contribution in [0.1, 0.15) is 29.8 Å². The maximum atomic E-state index is 12.0. The summed E-state index contributed by atoms with van der Waals surface area (Å²) < 4.78 is 0. The van der Waals surface area contributed by atoms with E-state index in [4.69, 9.17) is 0 Å². The third-order valence-corrected chi connectivity index (χ3v) is 4.21. The number of carbonyl (C=O) groups is 1. The Morgan fingerprint density at radius 3 is 2.24 bits per heavy atom. The SMILES string of the molecule is O=C(CC(O)c1ccccc1)NCC(O)c1ccc2ccccc2c1. The first-order valence-electron chi connectivity index (χ1n) is 8.30. The van der Waals surface area contributed by atoms with E-state index >= 15 is 0 Å². The molecule has 3 rings (SSSR count). The summed E-state index contributed by atoms with van der Waals surface area (Å²) in [5, 5.41) is 25.2. The van der Waals surface area contributed by atoms with E-state index < -0.39 is 12.2 Å². The normalized spacial score (nSPS) is 13.4. The smallest absolute Gasteiger partial charge is 0.223 e. The van der Waals surface area contributed by atoms with Crippen molar-refractivity contribution in [2.75, 3.05) is 6.54 Å². The Labute approximate surface area is 146 Å². The molecule has 3 N–H and O–H groups in total. The highest BCUT2D eigenvalue weighted by Crippen LogP contribution is 2.20. The molecular weight excluding hydrogens is 314 g/mol. The van der Waals surface area contributed by atoms with E-state index in [1.54, 1.807) is 12.1 Å². The van der Waals surface area contributed by atoms with Crippen molar-refractivity contribution < 1.29 is 15.0 Å². The number of carbonyl (C=O) groups excluding carboxylic acids is 1. The van der Waals surface area contributed by atoms with Crippen LogP contribution in [0.4, 0.5) is 0 Å². The maximum Gasteiger partial charge on any atom is 0.223 e. The zero-order chi connectivity index (χ0) is 17.6. The third kappa shape index (κ3) is 4.44. The van der Waals surface area contributed by atoms with Gasteiger partial charge in [0.15, 0.2) is 0 Å². The molecule has 2 unspecified atom stereocenters. The Balaban J connectivity index is 1.55. The van der Waals surface area contributed by atoms with Gasteiger partial charge in [-0.15, -0.1) is 0 Å². The zero-order valence-electron chi connectivity index (χ0n) is 13.8. The van der Waals surface area contributed by atoms with E-state index in [1.807, 2.05) is 60.7 Å². The molecule has 4 nitrogen and oxygen atoms in total. The van der Waals surface area contributed by atoms with Crippen molar-refractivity contribution in [2.45, 2.75) is 18.6 Å². The standard InChI is InChI=1S/C21H21NO3/c23-19(16-7-2-1-3-8-16)13-21(25)22-14-20(24)18-11-10-15-6-4-5-9-17(15)12-18/h1-12,19-20,23-24H,13-14H2,(H,22,25). The lowest BCUT2D eigenvalue weighted by Gasteiger charge is -2.15. The number of aliphatic hydroxyl groups excluding tert-OH is 2. The first-order valence-corrected chi connectivity index (χ1v) is 8.30. The highest BCUT2D eigenvalue weighted by Gasteiger charge is 2.14. The van der Waals surface area contributed by atoms with Crippen molar-refractivity contribution in [1.82, 2.24) is 5.32 Å². The molecule has 0 radical (unpaired) electrons. The fraction of sp³-hybridized carbons (Fsp3) is 0.190. The van der Waals surface area contributed by atoms with Crippen molar-refractivity contribution in [1.29, 1.82) is 0 Å². The van der Waals surface area contributed by atoms with Crippen LogP contribution in [0.2, 0.25) is 0 Å². The lowest BCUT2D eigenvalue weighted by atomic mass is 10.0. The molecule has 0 aliphatic carbocycles. The Hall–Kier alpha value is -2.69. The monoisotopic (exact) mass is 335 g/mol. The van der Waals surface area contributed by atoms with Gasteiger partial charge in [0.2, 0.25) is 5.91 Å². The van der Waals surface area contributed by atoms with Crippen LogP contribution < -0.4 is 5.32 Å². The second kappa shape index (κ2) is 7.92. The average Bonchev–Trinajstić information content (AvgIpc) is 2.66. The zero-order valence-corrected chi connectivity index (χ0v) is 13.8. The van der Waals surface area contributed by atoms with Crippen molar-refractivity contribution in [3.05, 3.63) is 83.9 Å². The molecule has 4 heteroatoms. The highest BCUT2D eigenvalue weighted by molar-refractivity contribution is 5.83. The molecule has 3 aromatic rings. The van der Waals surface area contributed by atoms with Gasteiger partial charge in [-0.3, -0.25) is 4.79 Å². The minimum Gasteiger partial charge on any atom is -0.388 e. The van der Waals surface area contributed by atoms with Gasteiger partial charge in [0.1, 0.15) is 0 Å². The van der Waals surface area contributed by atoms with Gasteiger partial charge in [-0.25, -0.2) is 0 Å². The minimum atomic E-state index is -0.848. The first kappa shape index (κ1) is 17.1. The largest absolute Gasteiger partial charge is 0.388 e.